The zero-order chi connectivity index (χ0) is 17.6. The van der Waals surface area contributed by atoms with E-state index in [9.17, 15) is 8.78 Å². The predicted molar refractivity (Wildman–Crippen MR) is 95.8 cm³/mol. The lowest BCUT2D eigenvalue weighted by Crippen LogP contribution is -2.48. The van der Waals surface area contributed by atoms with E-state index in [2.05, 4.69) is 9.98 Å². The van der Waals surface area contributed by atoms with Gasteiger partial charge < -0.3 is 10.5 Å². The average Bonchev–Trinajstić information content (AvgIpc) is 3.00. The van der Waals surface area contributed by atoms with E-state index in [1.165, 1.54) is 23.9 Å². The molecule has 2 aliphatic rings. The Morgan fingerprint density at radius 1 is 1.36 bits per heavy atom. The molecule has 4 rings (SSSR count). The molecule has 1 aromatic carbocycles. The van der Waals surface area contributed by atoms with Crippen LogP contribution in [0, 0.1) is 24.5 Å². The maximum Gasteiger partial charge on any atom is 0.154 e. The topological polar surface area (TPSA) is 60.5 Å². The molecule has 0 amide bonds. The molecule has 1 aromatic heterocycles. The van der Waals surface area contributed by atoms with Crippen molar-refractivity contribution in [3.63, 3.8) is 0 Å². The Bertz CT molecular complexity index is 841. The van der Waals surface area contributed by atoms with Gasteiger partial charge in [0, 0.05) is 34.4 Å². The minimum Gasteiger partial charge on any atom is -0.379 e. The van der Waals surface area contributed by atoms with Crippen LogP contribution in [-0.4, -0.2) is 22.5 Å². The van der Waals surface area contributed by atoms with Gasteiger partial charge in [-0.05, 0) is 19.4 Å². The normalized spacial score (nSPS) is 29.2. The number of nitrogens with zero attached hydrogens (tertiary/aromatic N) is 2. The summed E-state index contributed by atoms with van der Waals surface area (Å²) in [6.45, 7) is 2.15. The molecular formula is C17H17F2N3OS2. The van der Waals surface area contributed by atoms with Gasteiger partial charge in [0.2, 0.25) is 0 Å². The maximum absolute atomic E-state index is 14.5. The van der Waals surface area contributed by atoms with Crippen LogP contribution in [0.4, 0.5) is 8.78 Å². The number of aryl methyl sites for hydroxylation is 1. The predicted octanol–water partition coefficient (Wildman–Crippen LogP) is 3.76. The van der Waals surface area contributed by atoms with Crippen molar-refractivity contribution in [1.82, 2.24) is 4.98 Å². The molecule has 0 spiro atoms. The van der Waals surface area contributed by atoms with Gasteiger partial charge in [0.15, 0.2) is 5.17 Å². The van der Waals surface area contributed by atoms with Crippen molar-refractivity contribution in [2.75, 3.05) is 12.4 Å². The first-order valence-corrected chi connectivity index (χ1v) is 9.82. The Hall–Kier alpha value is -1.51. The number of halogens is 2. The Morgan fingerprint density at radius 2 is 2.20 bits per heavy atom. The Morgan fingerprint density at radius 3 is 2.92 bits per heavy atom. The summed E-state index contributed by atoms with van der Waals surface area (Å²) in [4.78, 5) is 9.10. The van der Waals surface area contributed by atoms with Gasteiger partial charge in [-0.2, -0.15) is 0 Å². The van der Waals surface area contributed by atoms with Crippen LogP contribution in [0.3, 0.4) is 0 Å². The van der Waals surface area contributed by atoms with Crippen molar-refractivity contribution in [3.8, 4) is 0 Å². The Kier molecular flexibility index (Phi) is 4.29. The lowest BCUT2D eigenvalue weighted by molar-refractivity contribution is -0.0588. The number of aliphatic imine (C=N–C) groups is 1. The van der Waals surface area contributed by atoms with Gasteiger partial charge in [-0.15, -0.1) is 11.3 Å². The molecule has 0 radical (unpaired) electrons. The number of ether oxygens (including phenoxy) is 1. The van der Waals surface area contributed by atoms with Crippen LogP contribution >= 0.6 is 23.1 Å². The number of amidine groups is 1. The van der Waals surface area contributed by atoms with E-state index in [1.807, 2.05) is 12.3 Å². The summed E-state index contributed by atoms with van der Waals surface area (Å²) in [5.41, 5.74) is 6.34. The molecule has 0 bridgehead atoms. The summed E-state index contributed by atoms with van der Waals surface area (Å²) in [6.07, 6.45) is 0.545. The van der Waals surface area contributed by atoms with Gasteiger partial charge in [0.05, 0.1) is 6.61 Å². The number of benzene rings is 1. The molecule has 2 aromatic rings. The fourth-order valence-electron chi connectivity index (χ4n) is 3.50. The van der Waals surface area contributed by atoms with Gasteiger partial charge in [-0.3, -0.25) is 0 Å². The monoisotopic (exact) mass is 381 g/mol. The lowest BCUT2D eigenvalue weighted by atomic mass is 9.75. The summed E-state index contributed by atoms with van der Waals surface area (Å²) >= 11 is 3.04. The third-order valence-corrected chi connectivity index (χ3v) is 6.74. The first kappa shape index (κ1) is 16.9. The van der Waals surface area contributed by atoms with Gasteiger partial charge in [-0.25, -0.2) is 18.8 Å². The second-order valence-electron chi connectivity index (χ2n) is 6.37. The quantitative estimate of drug-likeness (QED) is 0.860. The summed E-state index contributed by atoms with van der Waals surface area (Å²) < 4.78 is 33.9. The molecule has 2 aliphatic heterocycles. The van der Waals surface area contributed by atoms with Crippen molar-refractivity contribution in [2.45, 2.75) is 25.0 Å². The highest BCUT2D eigenvalue weighted by Crippen LogP contribution is 2.49. The van der Waals surface area contributed by atoms with E-state index in [1.54, 1.807) is 11.3 Å². The number of hydrogen-bond acceptors (Lipinski definition) is 6. The highest BCUT2D eigenvalue weighted by atomic mass is 32.2. The summed E-state index contributed by atoms with van der Waals surface area (Å²) in [6, 6.07) is 3.61. The van der Waals surface area contributed by atoms with Gasteiger partial charge in [0.25, 0.3) is 0 Å². The Labute approximate surface area is 152 Å². The highest BCUT2D eigenvalue weighted by Gasteiger charge is 2.50. The van der Waals surface area contributed by atoms with Crippen molar-refractivity contribution < 1.29 is 13.5 Å². The zero-order valence-electron chi connectivity index (χ0n) is 13.5. The minimum atomic E-state index is -0.907. The van der Waals surface area contributed by atoms with Crippen molar-refractivity contribution in [3.05, 3.63) is 51.5 Å². The van der Waals surface area contributed by atoms with Crippen LogP contribution in [0.2, 0.25) is 0 Å². The van der Waals surface area contributed by atoms with Crippen LogP contribution in [0.15, 0.2) is 28.6 Å². The molecule has 1 saturated heterocycles. The van der Waals surface area contributed by atoms with E-state index in [0.717, 1.165) is 22.5 Å². The molecule has 3 atom stereocenters. The minimum absolute atomic E-state index is 0.0349. The molecular weight excluding hydrogens is 364 g/mol. The maximum atomic E-state index is 14.5. The average molecular weight is 381 g/mol. The summed E-state index contributed by atoms with van der Waals surface area (Å²) in [5.74, 6) is -0.464. The molecule has 4 nitrogen and oxygen atoms in total. The third-order valence-electron chi connectivity index (χ3n) is 4.73. The van der Waals surface area contributed by atoms with Crippen molar-refractivity contribution in [1.29, 1.82) is 0 Å². The molecule has 1 fully saturated rings. The van der Waals surface area contributed by atoms with E-state index in [0.29, 0.717) is 17.2 Å². The number of thiazole rings is 1. The molecule has 25 heavy (non-hydrogen) atoms. The first-order valence-electron chi connectivity index (χ1n) is 7.95. The standard InChI is InChI=1S/C17H17F2N3OS2/c1-9-6-24-15(21-9)14-4-10-7-25-16(20)22-17(10,8-23-14)12-3-2-11(18)5-13(12)19/h2-3,5-6,10,14H,4,7-8H2,1H3,(H2,20,22)/t10?,14-,17?/m1/s1. The number of aromatic nitrogens is 1. The molecule has 2 N–H and O–H groups in total. The number of rotatable bonds is 2. The van der Waals surface area contributed by atoms with Crippen LogP contribution in [-0.2, 0) is 10.3 Å². The fraction of sp³-hybridized carbons (Fsp3) is 0.412. The van der Waals surface area contributed by atoms with Gasteiger partial charge >= 0.3 is 0 Å². The van der Waals surface area contributed by atoms with Gasteiger partial charge in [-0.1, -0.05) is 17.8 Å². The van der Waals surface area contributed by atoms with Crippen molar-refractivity contribution in [2.24, 2.45) is 16.6 Å². The molecule has 0 aliphatic carbocycles. The van der Waals surface area contributed by atoms with Gasteiger partial charge in [0.1, 0.15) is 28.3 Å². The second kappa shape index (κ2) is 6.34. The molecule has 0 saturated carbocycles. The first-order chi connectivity index (χ1) is 12.0. The molecule has 3 heterocycles. The summed E-state index contributed by atoms with van der Waals surface area (Å²) in [7, 11) is 0. The number of nitrogens with two attached hydrogens (primary N) is 1. The smallest absolute Gasteiger partial charge is 0.154 e. The number of fused-ring (bicyclic) bond motifs is 1. The summed E-state index contributed by atoms with van der Waals surface area (Å²) in [5, 5.41) is 3.33. The van der Waals surface area contributed by atoms with E-state index in [-0.39, 0.29) is 18.6 Å². The second-order valence-corrected chi connectivity index (χ2v) is 8.30. The van der Waals surface area contributed by atoms with E-state index >= 15 is 0 Å². The number of hydrogen-bond donors (Lipinski definition) is 1. The van der Waals surface area contributed by atoms with E-state index < -0.39 is 17.2 Å². The van der Waals surface area contributed by atoms with Crippen LogP contribution < -0.4 is 5.73 Å². The molecule has 2 unspecified atom stereocenters. The SMILES string of the molecule is Cc1csc([C@H]2CC3CSC(N)=NC3(c3ccc(F)cc3F)CO2)n1. The molecule has 132 valence electrons. The molecule has 8 heteroatoms. The Balaban J connectivity index is 1.73. The van der Waals surface area contributed by atoms with Crippen LogP contribution in [0.25, 0.3) is 0 Å². The van der Waals surface area contributed by atoms with Crippen LogP contribution in [0.1, 0.15) is 28.8 Å². The van der Waals surface area contributed by atoms with E-state index in [4.69, 9.17) is 10.5 Å². The largest absolute Gasteiger partial charge is 0.379 e. The lowest BCUT2D eigenvalue weighted by Gasteiger charge is -2.46. The number of thioether (sulfide) groups is 1. The third kappa shape index (κ3) is 2.96. The van der Waals surface area contributed by atoms with Crippen LogP contribution in [0.5, 0.6) is 0 Å². The highest BCUT2D eigenvalue weighted by molar-refractivity contribution is 8.13. The fourth-order valence-corrected chi connectivity index (χ4v) is 5.37. The van der Waals surface area contributed by atoms with Crippen molar-refractivity contribution >= 4 is 28.3 Å². The zero-order valence-corrected chi connectivity index (χ0v) is 15.2.